The second-order valence-corrected chi connectivity index (χ2v) is 5.15. The highest BCUT2D eigenvalue weighted by Gasteiger charge is 2.20. The molecule has 1 aliphatic heterocycles. The second-order valence-electron chi connectivity index (χ2n) is 5.15. The van der Waals surface area contributed by atoms with E-state index in [0.717, 1.165) is 45.0 Å². The fraction of sp³-hybridized carbons (Fsp3) is 0.833. The third kappa shape index (κ3) is 3.51. The van der Waals surface area contributed by atoms with E-state index < -0.39 is 0 Å². The van der Waals surface area contributed by atoms with Crippen LogP contribution < -0.4 is 5.32 Å². The van der Waals surface area contributed by atoms with Gasteiger partial charge in [-0.25, -0.2) is 0 Å². The van der Waals surface area contributed by atoms with Crippen LogP contribution in [0, 0.1) is 0 Å². The van der Waals surface area contributed by atoms with Crippen LogP contribution in [0.1, 0.15) is 12.6 Å². The van der Waals surface area contributed by atoms with Crippen molar-refractivity contribution >= 4 is 0 Å². The first kappa shape index (κ1) is 13.5. The van der Waals surface area contributed by atoms with Crippen molar-refractivity contribution in [3.63, 3.8) is 0 Å². The molecule has 1 saturated heterocycles. The highest BCUT2D eigenvalue weighted by atomic mass is 15.4. The van der Waals surface area contributed by atoms with Gasteiger partial charge in [0, 0.05) is 45.0 Å². The van der Waals surface area contributed by atoms with Gasteiger partial charge < -0.3 is 10.2 Å². The molecule has 2 rings (SSSR count). The Hall–Kier alpha value is -0.980. The van der Waals surface area contributed by atoms with Crippen molar-refractivity contribution in [2.75, 3.05) is 40.3 Å². The molecule has 1 unspecified atom stereocenters. The minimum Gasteiger partial charge on any atom is -0.314 e. The van der Waals surface area contributed by atoms with Gasteiger partial charge in [0.15, 0.2) is 0 Å². The molecule has 1 aliphatic rings. The minimum absolute atomic E-state index is 0.629. The standard InChI is InChI=1S/C12H24N6/c1-11-9-16(3)4-5-17(11)6-7-18-10-12(8-13-2)14-15-18/h10-11,13H,4-9H2,1-3H3. The molecule has 1 N–H and O–H groups in total. The van der Waals surface area contributed by atoms with Gasteiger partial charge >= 0.3 is 0 Å². The van der Waals surface area contributed by atoms with Gasteiger partial charge in [0.05, 0.1) is 12.2 Å². The molecule has 18 heavy (non-hydrogen) atoms. The Bertz CT molecular complexity index is 363. The second kappa shape index (κ2) is 6.26. The average molecular weight is 252 g/mol. The molecule has 0 amide bonds. The third-order valence-corrected chi connectivity index (χ3v) is 3.53. The van der Waals surface area contributed by atoms with E-state index in [-0.39, 0.29) is 0 Å². The zero-order chi connectivity index (χ0) is 13.0. The van der Waals surface area contributed by atoms with E-state index in [1.807, 2.05) is 17.9 Å². The highest BCUT2D eigenvalue weighted by molar-refractivity contribution is 4.91. The summed E-state index contributed by atoms with van der Waals surface area (Å²) in [7, 11) is 4.11. The Morgan fingerprint density at radius 3 is 2.94 bits per heavy atom. The van der Waals surface area contributed by atoms with Gasteiger partial charge in [0.25, 0.3) is 0 Å². The highest BCUT2D eigenvalue weighted by Crippen LogP contribution is 2.07. The Morgan fingerprint density at radius 1 is 1.39 bits per heavy atom. The molecule has 1 aromatic rings. The molecule has 1 aromatic heterocycles. The van der Waals surface area contributed by atoms with Gasteiger partial charge in [-0.3, -0.25) is 9.58 Å². The van der Waals surface area contributed by atoms with E-state index in [4.69, 9.17) is 0 Å². The summed E-state index contributed by atoms with van der Waals surface area (Å²) in [6.45, 7) is 8.52. The summed E-state index contributed by atoms with van der Waals surface area (Å²) in [5, 5.41) is 11.4. The number of rotatable bonds is 5. The van der Waals surface area contributed by atoms with Crippen LogP contribution in [0.15, 0.2) is 6.20 Å². The van der Waals surface area contributed by atoms with Crippen molar-refractivity contribution in [1.29, 1.82) is 0 Å². The monoisotopic (exact) mass is 252 g/mol. The molecular weight excluding hydrogens is 228 g/mol. The number of piperazine rings is 1. The maximum absolute atomic E-state index is 4.15. The molecule has 0 aliphatic carbocycles. The summed E-state index contributed by atoms with van der Waals surface area (Å²) >= 11 is 0. The number of hydrogen-bond acceptors (Lipinski definition) is 5. The normalized spacial score (nSPS) is 22.5. The summed E-state index contributed by atoms with van der Waals surface area (Å²) in [6.07, 6.45) is 2.03. The van der Waals surface area contributed by atoms with Crippen LogP contribution in [0.2, 0.25) is 0 Å². The van der Waals surface area contributed by atoms with E-state index in [0.29, 0.717) is 6.04 Å². The first-order valence-electron chi connectivity index (χ1n) is 6.65. The summed E-state index contributed by atoms with van der Waals surface area (Å²) in [5.41, 5.74) is 1.00. The largest absolute Gasteiger partial charge is 0.314 e. The van der Waals surface area contributed by atoms with Gasteiger partial charge in [-0.05, 0) is 21.0 Å². The molecule has 102 valence electrons. The SMILES string of the molecule is CNCc1cn(CCN2CCN(C)CC2C)nn1. The quantitative estimate of drug-likeness (QED) is 0.775. The number of nitrogens with zero attached hydrogens (tertiary/aromatic N) is 5. The topological polar surface area (TPSA) is 49.2 Å². The fourth-order valence-electron chi connectivity index (χ4n) is 2.45. The smallest absolute Gasteiger partial charge is 0.0964 e. The number of hydrogen-bond donors (Lipinski definition) is 1. The predicted molar refractivity (Wildman–Crippen MR) is 71.3 cm³/mol. The lowest BCUT2D eigenvalue weighted by Gasteiger charge is -2.38. The van der Waals surface area contributed by atoms with Gasteiger partial charge in [-0.1, -0.05) is 5.21 Å². The Labute approximate surface area is 109 Å². The first-order chi connectivity index (χ1) is 8.69. The molecule has 0 aromatic carbocycles. The van der Waals surface area contributed by atoms with Crippen LogP contribution in [-0.4, -0.2) is 71.1 Å². The molecule has 6 heteroatoms. The molecule has 0 saturated carbocycles. The lowest BCUT2D eigenvalue weighted by Crippen LogP contribution is -2.51. The molecule has 1 fully saturated rings. The van der Waals surface area contributed by atoms with Crippen LogP contribution in [0.25, 0.3) is 0 Å². The molecule has 2 heterocycles. The van der Waals surface area contributed by atoms with Crippen molar-refractivity contribution < 1.29 is 0 Å². The maximum Gasteiger partial charge on any atom is 0.0964 e. The van der Waals surface area contributed by atoms with Crippen molar-refractivity contribution in [3.05, 3.63) is 11.9 Å². The summed E-state index contributed by atoms with van der Waals surface area (Å²) < 4.78 is 1.94. The fourth-order valence-corrected chi connectivity index (χ4v) is 2.45. The van der Waals surface area contributed by atoms with Gasteiger partial charge in [-0.15, -0.1) is 5.10 Å². The molecule has 1 atom stereocenters. The van der Waals surface area contributed by atoms with Crippen LogP contribution in [0.4, 0.5) is 0 Å². The summed E-state index contributed by atoms with van der Waals surface area (Å²) in [4.78, 5) is 4.92. The number of nitrogens with one attached hydrogen (secondary N) is 1. The maximum atomic E-state index is 4.15. The van der Waals surface area contributed by atoms with Crippen LogP contribution in [0.5, 0.6) is 0 Å². The zero-order valence-corrected chi connectivity index (χ0v) is 11.6. The van der Waals surface area contributed by atoms with Crippen molar-refractivity contribution in [2.45, 2.75) is 26.1 Å². The Balaban J connectivity index is 1.79. The lowest BCUT2D eigenvalue weighted by atomic mass is 10.2. The van der Waals surface area contributed by atoms with Gasteiger partial charge in [-0.2, -0.15) is 0 Å². The van der Waals surface area contributed by atoms with Gasteiger partial charge in [0.2, 0.25) is 0 Å². The van der Waals surface area contributed by atoms with Crippen LogP contribution in [-0.2, 0) is 13.1 Å². The van der Waals surface area contributed by atoms with E-state index in [1.165, 1.54) is 0 Å². The van der Waals surface area contributed by atoms with E-state index in [9.17, 15) is 0 Å². The van der Waals surface area contributed by atoms with Gasteiger partial charge in [0.1, 0.15) is 0 Å². The van der Waals surface area contributed by atoms with E-state index in [2.05, 4.69) is 39.4 Å². The van der Waals surface area contributed by atoms with Crippen LogP contribution >= 0.6 is 0 Å². The summed E-state index contributed by atoms with van der Waals surface area (Å²) in [5.74, 6) is 0. The molecule has 0 spiro atoms. The van der Waals surface area contributed by atoms with Crippen molar-refractivity contribution in [3.8, 4) is 0 Å². The Morgan fingerprint density at radius 2 is 2.22 bits per heavy atom. The molecule has 0 radical (unpaired) electrons. The van der Waals surface area contributed by atoms with Crippen molar-refractivity contribution in [1.82, 2.24) is 30.1 Å². The predicted octanol–water partition coefficient (Wildman–Crippen LogP) is -0.367. The lowest BCUT2D eigenvalue weighted by molar-refractivity contribution is 0.0957. The third-order valence-electron chi connectivity index (χ3n) is 3.53. The van der Waals surface area contributed by atoms with E-state index >= 15 is 0 Å². The minimum atomic E-state index is 0.629. The average Bonchev–Trinajstić information content (AvgIpc) is 2.76. The van der Waals surface area contributed by atoms with E-state index in [1.54, 1.807) is 0 Å². The molecule has 6 nitrogen and oxygen atoms in total. The number of aromatic nitrogens is 3. The Kier molecular flexibility index (Phi) is 4.68. The number of likely N-dealkylation sites (N-methyl/N-ethyl adjacent to an activating group) is 1. The zero-order valence-electron chi connectivity index (χ0n) is 11.6. The molecular formula is C12H24N6. The summed E-state index contributed by atoms with van der Waals surface area (Å²) in [6, 6.07) is 0.629. The first-order valence-corrected chi connectivity index (χ1v) is 6.65. The van der Waals surface area contributed by atoms with Crippen molar-refractivity contribution in [2.24, 2.45) is 0 Å². The molecule has 0 bridgehead atoms. The van der Waals surface area contributed by atoms with Crippen LogP contribution in [0.3, 0.4) is 0 Å².